The minimum absolute atomic E-state index is 0.0317. The molecule has 4 aliphatic carbocycles. The summed E-state index contributed by atoms with van der Waals surface area (Å²) in [7, 11) is 0. The molecule has 2 heterocycles. The summed E-state index contributed by atoms with van der Waals surface area (Å²) >= 11 is 0. The van der Waals surface area contributed by atoms with Crippen molar-refractivity contribution in [1.29, 1.82) is 0 Å². The number of carbonyl (C=O) groups is 1. The van der Waals surface area contributed by atoms with Gasteiger partial charge in [0.05, 0.1) is 11.3 Å². The van der Waals surface area contributed by atoms with E-state index < -0.39 is 5.60 Å². The number of nitrogen functional groups attached to an aromatic ring is 1. The second-order valence-electron chi connectivity index (χ2n) is 11.1. The Kier molecular flexibility index (Phi) is 5.36. The lowest BCUT2D eigenvalue weighted by Crippen LogP contribution is -2.61. The van der Waals surface area contributed by atoms with Crippen LogP contribution in [0.2, 0.25) is 0 Å². The fourth-order valence-electron chi connectivity index (χ4n) is 7.31. The topological polar surface area (TPSA) is 108 Å². The summed E-state index contributed by atoms with van der Waals surface area (Å²) in [6, 6.07) is 6.58. The van der Waals surface area contributed by atoms with Gasteiger partial charge in [-0.15, -0.1) is 0 Å². The van der Waals surface area contributed by atoms with Crippen molar-refractivity contribution in [2.75, 3.05) is 35.2 Å². The zero-order valence-corrected chi connectivity index (χ0v) is 20.0. The number of rotatable bonds is 4. The zero-order valence-electron chi connectivity index (χ0n) is 20.0. The van der Waals surface area contributed by atoms with E-state index in [1.165, 1.54) is 6.07 Å². The number of carbonyl (C=O) groups excluding carboxylic acids is 1. The summed E-state index contributed by atoms with van der Waals surface area (Å²) in [5.41, 5.74) is 6.49. The number of amides is 1. The summed E-state index contributed by atoms with van der Waals surface area (Å²) in [4.78, 5) is 26.3. The zero-order chi connectivity index (χ0) is 24.3. The van der Waals surface area contributed by atoms with Crippen LogP contribution in [0.5, 0.6) is 0 Å². The van der Waals surface area contributed by atoms with Crippen LogP contribution in [0.4, 0.5) is 21.7 Å². The molecule has 7 rings (SSSR count). The number of piperazine rings is 1. The van der Waals surface area contributed by atoms with Crippen LogP contribution in [0.15, 0.2) is 30.5 Å². The predicted molar refractivity (Wildman–Crippen MR) is 132 cm³/mol. The van der Waals surface area contributed by atoms with Gasteiger partial charge in [-0.3, -0.25) is 4.79 Å². The van der Waals surface area contributed by atoms with E-state index in [2.05, 4.69) is 27.1 Å². The van der Waals surface area contributed by atoms with Crippen LogP contribution in [0.3, 0.4) is 0 Å². The molecule has 9 heteroatoms. The molecule has 5 fully saturated rings. The second-order valence-corrected chi connectivity index (χ2v) is 11.1. The average molecular weight is 481 g/mol. The van der Waals surface area contributed by atoms with E-state index in [-0.39, 0.29) is 23.8 Å². The fraction of sp³-hybridized carbons (Fsp3) is 0.577. The van der Waals surface area contributed by atoms with Crippen LogP contribution in [0.1, 0.15) is 49.5 Å². The van der Waals surface area contributed by atoms with Crippen molar-refractivity contribution in [2.24, 2.45) is 17.8 Å². The minimum Gasteiger partial charge on any atom is -0.399 e. The summed E-state index contributed by atoms with van der Waals surface area (Å²) < 4.78 is 14.4. The molecule has 1 amide bonds. The Balaban J connectivity index is 1.13. The Morgan fingerprint density at radius 3 is 2.66 bits per heavy atom. The molecule has 2 unspecified atom stereocenters. The molecule has 1 saturated heterocycles. The number of anilines is 3. The Morgan fingerprint density at radius 2 is 1.97 bits per heavy atom. The van der Waals surface area contributed by atoms with E-state index in [1.807, 2.05) is 4.90 Å². The molecular formula is C26H33FN6O2. The lowest BCUT2D eigenvalue weighted by Gasteiger charge is -2.58. The lowest BCUT2D eigenvalue weighted by atomic mass is 9.52. The molecule has 4 N–H and O–H groups in total. The van der Waals surface area contributed by atoms with Gasteiger partial charge in [0.15, 0.2) is 0 Å². The first-order valence-corrected chi connectivity index (χ1v) is 12.7. The Bertz CT molecular complexity index is 1130. The van der Waals surface area contributed by atoms with E-state index >= 15 is 0 Å². The average Bonchev–Trinajstić information content (AvgIpc) is 2.80. The quantitative estimate of drug-likeness (QED) is 0.578. The first kappa shape index (κ1) is 22.5. The third-order valence-electron chi connectivity index (χ3n) is 8.61. The van der Waals surface area contributed by atoms with Crippen LogP contribution in [0, 0.1) is 23.6 Å². The molecule has 4 bridgehead atoms. The standard InChI is InChI=1S/C26H33FN6O2/c1-15-14-32(22-3-2-19(28)10-20(22)27)6-7-33(15)25-29-5-4-21(30-25)24(34)31-23-17-8-16-9-18(23)13-26(35,11-16)12-17/h2-5,10,15-18,23,35H,6-9,11-14,28H2,1H3,(H,31,34)/t15-,16?,17?,18?,23?,26?/m1/s1. The van der Waals surface area contributed by atoms with E-state index in [0.29, 0.717) is 60.4 Å². The molecule has 5 aliphatic rings. The Hall–Kier alpha value is -2.94. The van der Waals surface area contributed by atoms with Gasteiger partial charge < -0.3 is 26.0 Å². The lowest BCUT2D eigenvalue weighted by molar-refractivity contribution is -0.136. The third kappa shape index (κ3) is 4.09. The molecule has 1 aromatic carbocycles. The molecular weight excluding hydrogens is 447 g/mol. The molecule has 0 radical (unpaired) electrons. The highest BCUT2D eigenvalue weighted by atomic mass is 19.1. The van der Waals surface area contributed by atoms with Crippen LogP contribution in [-0.2, 0) is 0 Å². The maximum absolute atomic E-state index is 14.4. The molecule has 8 nitrogen and oxygen atoms in total. The maximum atomic E-state index is 14.4. The highest BCUT2D eigenvalue weighted by molar-refractivity contribution is 5.92. The van der Waals surface area contributed by atoms with E-state index in [1.54, 1.807) is 24.4 Å². The normalized spacial score (nSPS) is 33.7. The SMILES string of the molecule is C[C@@H]1CN(c2ccc(N)cc2F)CCN1c1nccc(C(=O)NC2C3CC4CC2CC(O)(C4)C3)n1. The van der Waals surface area contributed by atoms with Gasteiger partial charge in [0, 0.05) is 43.6 Å². The van der Waals surface area contributed by atoms with Crippen LogP contribution in [0.25, 0.3) is 0 Å². The summed E-state index contributed by atoms with van der Waals surface area (Å²) in [6.07, 6.45) is 6.32. The van der Waals surface area contributed by atoms with Crippen molar-refractivity contribution < 1.29 is 14.3 Å². The van der Waals surface area contributed by atoms with Gasteiger partial charge in [0.25, 0.3) is 5.91 Å². The van der Waals surface area contributed by atoms with Crippen molar-refractivity contribution in [1.82, 2.24) is 15.3 Å². The van der Waals surface area contributed by atoms with Gasteiger partial charge in [-0.05, 0) is 81.0 Å². The summed E-state index contributed by atoms with van der Waals surface area (Å²) in [5.74, 6) is 1.31. The van der Waals surface area contributed by atoms with E-state index in [4.69, 9.17) is 5.73 Å². The first-order valence-electron chi connectivity index (χ1n) is 12.7. The van der Waals surface area contributed by atoms with Crippen LogP contribution < -0.4 is 20.9 Å². The number of hydrogen-bond donors (Lipinski definition) is 3. The summed E-state index contributed by atoms with van der Waals surface area (Å²) in [5, 5.41) is 14.1. The molecule has 4 saturated carbocycles. The van der Waals surface area contributed by atoms with Gasteiger partial charge >= 0.3 is 0 Å². The van der Waals surface area contributed by atoms with Gasteiger partial charge in [-0.25, -0.2) is 14.4 Å². The van der Waals surface area contributed by atoms with E-state index in [9.17, 15) is 14.3 Å². The largest absolute Gasteiger partial charge is 0.399 e. The molecule has 1 aromatic heterocycles. The highest BCUT2D eigenvalue weighted by Crippen LogP contribution is 2.55. The number of nitrogens with one attached hydrogen (secondary N) is 1. The molecule has 1 aliphatic heterocycles. The van der Waals surface area contributed by atoms with Crippen LogP contribution >= 0.6 is 0 Å². The van der Waals surface area contributed by atoms with Crippen molar-refractivity contribution >= 4 is 23.2 Å². The first-order chi connectivity index (χ1) is 16.8. The van der Waals surface area contributed by atoms with Gasteiger partial charge in [-0.2, -0.15) is 0 Å². The smallest absolute Gasteiger partial charge is 0.270 e. The molecule has 35 heavy (non-hydrogen) atoms. The van der Waals surface area contributed by atoms with Gasteiger partial charge in [-0.1, -0.05) is 0 Å². The predicted octanol–water partition coefficient (Wildman–Crippen LogP) is 2.58. The monoisotopic (exact) mass is 480 g/mol. The minimum atomic E-state index is -0.520. The molecule has 186 valence electrons. The van der Waals surface area contributed by atoms with Crippen molar-refractivity contribution in [3.8, 4) is 0 Å². The second kappa shape index (κ2) is 8.33. The fourth-order valence-corrected chi connectivity index (χ4v) is 7.31. The number of hydrogen-bond acceptors (Lipinski definition) is 7. The van der Waals surface area contributed by atoms with Crippen LogP contribution in [-0.4, -0.2) is 58.3 Å². The Morgan fingerprint density at radius 1 is 1.20 bits per heavy atom. The third-order valence-corrected chi connectivity index (χ3v) is 8.61. The summed E-state index contributed by atoms with van der Waals surface area (Å²) in [6.45, 7) is 3.89. The number of nitrogens with two attached hydrogens (primary N) is 1. The Labute approximate surface area is 204 Å². The number of halogens is 1. The highest BCUT2D eigenvalue weighted by Gasteiger charge is 2.55. The molecule has 3 atom stereocenters. The van der Waals surface area contributed by atoms with Crippen molar-refractivity contribution in [3.63, 3.8) is 0 Å². The van der Waals surface area contributed by atoms with Crippen molar-refractivity contribution in [2.45, 2.75) is 56.7 Å². The van der Waals surface area contributed by atoms with E-state index in [0.717, 1.165) is 32.1 Å². The maximum Gasteiger partial charge on any atom is 0.270 e. The number of nitrogens with zero attached hydrogens (tertiary/aromatic N) is 4. The van der Waals surface area contributed by atoms with Gasteiger partial charge in [0.2, 0.25) is 5.95 Å². The van der Waals surface area contributed by atoms with Gasteiger partial charge in [0.1, 0.15) is 11.5 Å². The number of benzene rings is 1. The number of aromatic nitrogens is 2. The molecule has 2 aromatic rings. The number of aliphatic hydroxyl groups is 1. The molecule has 0 spiro atoms. The van der Waals surface area contributed by atoms with Crippen molar-refractivity contribution in [3.05, 3.63) is 42.0 Å².